The highest BCUT2D eigenvalue weighted by molar-refractivity contribution is 5.86. The molecule has 0 saturated carbocycles. The number of hydrogen-bond acceptors (Lipinski definition) is 5. The Bertz CT molecular complexity index is 945. The molecule has 0 radical (unpaired) electrons. The van der Waals surface area contributed by atoms with E-state index in [2.05, 4.69) is 16.3 Å². The molecule has 7 heteroatoms. The molecule has 0 aliphatic carbocycles. The molecule has 7 nitrogen and oxygen atoms in total. The molecule has 3 aromatic rings. The van der Waals surface area contributed by atoms with Gasteiger partial charge in [0.25, 0.3) is 0 Å². The number of aromatic nitrogens is 3. The minimum atomic E-state index is -0.580. The third-order valence-corrected chi connectivity index (χ3v) is 4.96. The van der Waals surface area contributed by atoms with Gasteiger partial charge in [0, 0.05) is 36.5 Å². The number of carbonyl (C=O) groups is 1. The number of aryl methyl sites for hydroxylation is 2. The first-order valence-corrected chi connectivity index (χ1v) is 8.91. The maximum Gasteiger partial charge on any atom is 0.243 e. The third kappa shape index (κ3) is 2.88. The van der Waals surface area contributed by atoms with Gasteiger partial charge in [-0.15, -0.1) is 10.2 Å². The molecule has 0 spiro atoms. The van der Waals surface area contributed by atoms with Crippen LogP contribution < -0.4 is 0 Å². The highest BCUT2D eigenvalue weighted by Gasteiger charge is 2.38. The first-order chi connectivity index (χ1) is 12.6. The maximum atomic E-state index is 13.0. The Morgan fingerprint density at radius 2 is 2.15 bits per heavy atom. The second-order valence-corrected chi connectivity index (χ2v) is 6.80. The predicted molar refractivity (Wildman–Crippen MR) is 95.4 cm³/mol. The lowest BCUT2D eigenvalue weighted by Crippen LogP contribution is -2.34. The molecular formula is C19H22N4O3. The average Bonchev–Trinajstić information content (AvgIpc) is 3.33. The van der Waals surface area contributed by atoms with E-state index in [9.17, 15) is 9.90 Å². The molecule has 1 aromatic carbocycles. The topological polar surface area (TPSA) is 84.4 Å². The van der Waals surface area contributed by atoms with Crippen LogP contribution in [0.1, 0.15) is 36.7 Å². The summed E-state index contributed by atoms with van der Waals surface area (Å²) in [6, 6.07) is 7.66. The van der Waals surface area contributed by atoms with Crippen molar-refractivity contribution in [3.63, 3.8) is 0 Å². The molecule has 1 amide bonds. The zero-order valence-electron chi connectivity index (χ0n) is 14.9. The smallest absolute Gasteiger partial charge is 0.243 e. The Morgan fingerprint density at radius 3 is 2.92 bits per heavy atom. The Hall–Kier alpha value is -2.67. The van der Waals surface area contributed by atoms with Gasteiger partial charge in [-0.2, -0.15) is 0 Å². The van der Waals surface area contributed by atoms with Crippen LogP contribution in [-0.4, -0.2) is 43.3 Å². The van der Waals surface area contributed by atoms with Crippen molar-refractivity contribution in [2.24, 2.45) is 0 Å². The van der Waals surface area contributed by atoms with Crippen LogP contribution in [0.3, 0.4) is 0 Å². The lowest BCUT2D eigenvalue weighted by molar-refractivity contribution is -0.133. The van der Waals surface area contributed by atoms with Gasteiger partial charge < -0.3 is 19.0 Å². The first kappa shape index (κ1) is 16.8. The lowest BCUT2D eigenvalue weighted by atomic mass is 10.2. The highest BCUT2D eigenvalue weighted by atomic mass is 16.4. The second-order valence-electron chi connectivity index (χ2n) is 6.80. The van der Waals surface area contributed by atoms with Crippen LogP contribution >= 0.6 is 0 Å². The fourth-order valence-electron chi connectivity index (χ4n) is 3.67. The van der Waals surface area contributed by atoms with E-state index in [1.165, 1.54) is 0 Å². The summed E-state index contributed by atoms with van der Waals surface area (Å²) in [5.74, 6) is 0.879. The molecule has 1 fully saturated rings. The Labute approximate surface area is 151 Å². The maximum absolute atomic E-state index is 13.0. The van der Waals surface area contributed by atoms with Gasteiger partial charge in [0.1, 0.15) is 12.6 Å². The fourth-order valence-corrected chi connectivity index (χ4v) is 3.67. The molecular weight excluding hydrogens is 332 g/mol. The molecule has 136 valence electrons. The van der Waals surface area contributed by atoms with Crippen molar-refractivity contribution in [1.29, 1.82) is 0 Å². The van der Waals surface area contributed by atoms with Crippen LogP contribution in [0, 0.1) is 6.92 Å². The zero-order chi connectivity index (χ0) is 18.3. The lowest BCUT2D eigenvalue weighted by Gasteiger charge is -2.22. The number of aliphatic hydroxyl groups is 1. The normalized spacial score (nSPS) is 20.2. The molecule has 26 heavy (non-hydrogen) atoms. The molecule has 4 rings (SSSR count). The summed E-state index contributed by atoms with van der Waals surface area (Å²) in [6.45, 7) is 4.47. The number of nitrogens with zero attached hydrogens (tertiary/aromatic N) is 4. The Kier molecular flexibility index (Phi) is 4.24. The minimum Gasteiger partial charge on any atom is -0.423 e. The molecule has 3 heterocycles. The van der Waals surface area contributed by atoms with Crippen molar-refractivity contribution in [2.75, 3.05) is 6.54 Å². The van der Waals surface area contributed by atoms with E-state index in [0.29, 0.717) is 24.6 Å². The van der Waals surface area contributed by atoms with Crippen molar-refractivity contribution in [2.45, 2.75) is 45.4 Å². The Morgan fingerprint density at radius 1 is 1.35 bits per heavy atom. The van der Waals surface area contributed by atoms with E-state index in [1.807, 2.05) is 42.8 Å². The average molecular weight is 354 g/mol. The standard InChI is InChI=1S/C19H22N4O3/c1-3-17-20-21-19(26-17)16-8-13(24)10-23(16)18(25)11-22-9-12(2)14-6-4-5-7-15(14)22/h4-7,9,13,16,24H,3,8,10-11H2,1-2H3/t13-,16-/m1/s1. The van der Waals surface area contributed by atoms with Gasteiger partial charge >= 0.3 is 0 Å². The number of benzene rings is 1. The van der Waals surface area contributed by atoms with Crippen LogP contribution in [-0.2, 0) is 17.8 Å². The van der Waals surface area contributed by atoms with Gasteiger partial charge in [0.2, 0.25) is 17.7 Å². The summed E-state index contributed by atoms with van der Waals surface area (Å²) >= 11 is 0. The minimum absolute atomic E-state index is 0.0662. The number of β-amino-alcohol motifs (C(OH)–C–C–N with tert-alkyl or cyclic N) is 1. The monoisotopic (exact) mass is 354 g/mol. The molecule has 0 unspecified atom stereocenters. The number of fused-ring (bicyclic) bond motifs is 1. The molecule has 1 aliphatic heterocycles. The number of hydrogen-bond donors (Lipinski definition) is 1. The number of rotatable bonds is 4. The number of aliphatic hydroxyl groups excluding tert-OH is 1. The summed E-state index contributed by atoms with van der Waals surface area (Å²) in [4.78, 5) is 14.6. The van der Waals surface area contributed by atoms with Crippen molar-refractivity contribution < 1.29 is 14.3 Å². The molecule has 1 aliphatic rings. The Balaban J connectivity index is 1.59. The van der Waals surface area contributed by atoms with Gasteiger partial charge in [0.15, 0.2) is 0 Å². The van der Waals surface area contributed by atoms with Gasteiger partial charge in [-0.1, -0.05) is 25.1 Å². The number of para-hydroxylation sites is 1. The number of carbonyl (C=O) groups excluding carboxylic acids is 1. The molecule has 2 atom stereocenters. The molecule has 1 saturated heterocycles. The molecule has 2 aromatic heterocycles. The van der Waals surface area contributed by atoms with E-state index in [0.717, 1.165) is 16.5 Å². The fraction of sp³-hybridized carbons (Fsp3) is 0.421. The second kappa shape index (κ2) is 6.57. The summed E-state index contributed by atoms with van der Waals surface area (Å²) in [7, 11) is 0. The summed E-state index contributed by atoms with van der Waals surface area (Å²) in [5.41, 5.74) is 2.16. The van der Waals surface area contributed by atoms with Gasteiger partial charge in [-0.3, -0.25) is 4.79 Å². The largest absolute Gasteiger partial charge is 0.423 e. The highest BCUT2D eigenvalue weighted by Crippen LogP contribution is 2.32. The number of likely N-dealkylation sites (tertiary alicyclic amines) is 1. The van der Waals surface area contributed by atoms with Crippen molar-refractivity contribution in [1.82, 2.24) is 19.7 Å². The van der Waals surface area contributed by atoms with E-state index in [4.69, 9.17) is 4.42 Å². The van der Waals surface area contributed by atoms with Crippen molar-refractivity contribution >= 4 is 16.8 Å². The molecule has 1 N–H and O–H groups in total. The van der Waals surface area contributed by atoms with Gasteiger partial charge in [-0.05, 0) is 18.6 Å². The third-order valence-electron chi connectivity index (χ3n) is 4.96. The van der Waals surface area contributed by atoms with Crippen LogP contribution in [0.2, 0.25) is 0 Å². The zero-order valence-corrected chi connectivity index (χ0v) is 14.9. The van der Waals surface area contributed by atoms with Gasteiger partial charge in [-0.25, -0.2) is 0 Å². The van der Waals surface area contributed by atoms with E-state index in [-0.39, 0.29) is 25.0 Å². The van der Waals surface area contributed by atoms with Crippen LogP contribution in [0.25, 0.3) is 10.9 Å². The quantitative estimate of drug-likeness (QED) is 0.777. The van der Waals surface area contributed by atoms with Crippen LogP contribution in [0.15, 0.2) is 34.9 Å². The first-order valence-electron chi connectivity index (χ1n) is 8.91. The summed E-state index contributed by atoms with van der Waals surface area (Å²) in [6.07, 6.45) is 2.48. The predicted octanol–water partition coefficient (Wildman–Crippen LogP) is 2.23. The van der Waals surface area contributed by atoms with Gasteiger partial charge in [0.05, 0.1) is 6.10 Å². The number of amides is 1. The van der Waals surface area contributed by atoms with Crippen LogP contribution in [0.5, 0.6) is 0 Å². The SMILES string of the molecule is CCc1nnc([C@H]2C[C@@H](O)CN2C(=O)Cn2cc(C)c3ccccc32)o1. The summed E-state index contributed by atoms with van der Waals surface area (Å²) < 4.78 is 7.59. The van der Waals surface area contributed by atoms with E-state index >= 15 is 0 Å². The van der Waals surface area contributed by atoms with E-state index < -0.39 is 6.10 Å². The van der Waals surface area contributed by atoms with E-state index in [1.54, 1.807) is 4.90 Å². The van der Waals surface area contributed by atoms with Crippen molar-refractivity contribution in [3.05, 3.63) is 47.8 Å². The molecule has 0 bridgehead atoms. The van der Waals surface area contributed by atoms with Crippen molar-refractivity contribution in [3.8, 4) is 0 Å². The van der Waals surface area contributed by atoms with Crippen LogP contribution in [0.4, 0.5) is 0 Å². The summed E-state index contributed by atoms with van der Waals surface area (Å²) in [5, 5.41) is 19.3.